The van der Waals surface area contributed by atoms with E-state index >= 15 is 0 Å². The first-order valence-electron chi connectivity index (χ1n) is 5.99. The van der Waals surface area contributed by atoms with E-state index in [1.807, 2.05) is 0 Å². The van der Waals surface area contributed by atoms with Crippen LogP contribution < -0.4 is 5.32 Å². The van der Waals surface area contributed by atoms with Gasteiger partial charge in [-0.05, 0) is 29.5 Å². The van der Waals surface area contributed by atoms with E-state index in [0.29, 0.717) is 5.92 Å². The Hall–Kier alpha value is -1.24. The zero-order valence-electron chi connectivity index (χ0n) is 10.7. The second kappa shape index (κ2) is 3.65. The van der Waals surface area contributed by atoms with Gasteiger partial charge in [0.05, 0.1) is 0 Å². The van der Waals surface area contributed by atoms with Gasteiger partial charge in [-0.25, -0.2) is 0 Å². The Bertz CT molecular complexity index is 427. The Morgan fingerprint density at radius 1 is 1.31 bits per heavy atom. The summed E-state index contributed by atoms with van der Waals surface area (Å²) in [5, 5.41) is 3.42. The fraction of sp³-hybridized carbons (Fsp3) is 0.467. The van der Waals surface area contributed by atoms with Crippen LogP contribution in [0.1, 0.15) is 44.7 Å². The maximum atomic E-state index is 4.11. The van der Waals surface area contributed by atoms with Crippen LogP contribution in [0.3, 0.4) is 0 Å². The van der Waals surface area contributed by atoms with Gasteiger partial charge in [-0.15, -0.1) is 0 Å². The molecule has 16 heavy (non-hydrogen) atoms. The van der Waals surface area contributed by atoms with E-state index in [0.717, 1.165) is 12.1 Å². The summed E-state index contributed by atoms with van der Waals surface area (Å²) in [6.07, 6.45) is 1.08. The summed E-state index contributed by atoms with van der Waals surface area (Å²) in [4.78, 5) is 0. The zero-order chi connectivity index (χ0) is 11.9. The van der Waals surface area contributed by atoms with Crippen LogP contribution in [0.5, 0.6) is 0 Å². The maximum absolute atomic E-state index is 4.11. The van der Waals surface area contributed by atoms with E-state index in [-0.39, 0.29) is 5.41 Å². The Kier molecular flexibility index (Phi) is 2.57. The van der Waals surface area contributed by atoms with Crippen molar-refractivity contribution in [3.05, 3.63) is 41.6 Å². The van der Waals surface area contributed by atoms with Gasteiger partial charge in [0.15, 0.2) is 0 Å². The van der Waals surface area contributed by atoms with Crippen LogP contribution in [0.4, 0.5) is 5.69 Å². The topological polar surface area (TPSA) is 12.0 Å². The van der Waals surface area contributed by atoms with Crippen LogP contribution in [0.25, 0.3) is 0 Å². The minimum absolute atomic E-state index is 0.155. The first kappa shape index (κ1) is 11.3. The highest BCUT2D eigenvalue weighted by Gasteiger charge is 2.28. The summed E-state index contributed by atoms with van der Waals surface area (Å²) in [5.41, 5.74) is 5.35. The lowest BCUT2D eigenvalue weighted by Gasteiger charge is -2.35. The van der Waals surface area contributed by atoms with Crippen molar-refractivity contribution in [1.82, 2.24) is 0 Å². The van der Waals surface area contributed by atoms with Crippen molar-refractivity contribution in [2.45, 2.75) is 40.0 Å². The van der Waals surface area contributed by atoms with Gasteiger partial charge >= 0.3 is 0 Å². The summed E-state index contributed by atoms with van der Waals surface area (Å²) in [6, 6.07) is 6.73. The van der Waals surface area contributed by atoms with Gasteiger partial charge in [0.1, 0.15) is 0 Å². The molecule has 0 fully saturated rings. The Morgan fingerprint density at radius 3 is 2.62 bits per heavy atom. The molecule has 1 aromatic rings. The van der Waals surface area contributed by atoms with Crippen LogP contribution in [-0.2, 0) is 6.42 Å². The van der Waals surface area contributed by atoms with E-state index < -0.39 is 0 Å². The van der Waals surface area contributed by atoms with Gasteiger partial charge in [-0.2, -0.15) is 0 Å². The van der Waals surface area contributed by atoms with Crippen LogP contribution in [-0.4, -0.2) is 0 Å². The second-order valence-electron chi connectivity index (χ2n) is 5.74. The fourth-order valence-corrected chi connectivity index (χ4v) is 2.16. The largest absolute Gasteiger partial charge is 0.359 e. The Morgan fingerprint density at radius 2 is 2.00 bits per heavy atom. The molecule has 1 aromatic carbocycles. The molecular weight excluding hydrogens is 194 g/mol. The predicted molar refractivity (Wildman–Crippen MR) is 70.8 cm³/mol. The molecule has 0 spiro atoms. The molecule has 0 saturated heterocycles. The second-order valence-corrected chi connectivity index (χ2v) is 5.74. The lowest BCUT2D eigenvalue weighted by molar-refractivity contribution is 0.439. The number of anilines is 1. The quantitative estimate of drug-likeness (QED) is 0.735. The average Bonchev–Trinajstić information content (AvgIpc) is 2.18. The van der Waals surface area contributed by atoms with Gasteiger partial charge in [-0.1, -0.05) is 46.4 Å². The van der Waals surface area contributed by atoms with Crippen molar-refractivity contribution in [2.75, 3.05) is 5.32 Å². The molecule has 1 aliphatic heterocycles. The summed E-state index contributed by atoms with van der Waals surface area (Å²) in [6.45, 7) is 13.1. The molecule has 0 bridgehead atoms. The van der Waals surface area contributed by atoms with Crippen molar-refractivity contribution in [1.29, 1.82) is 0 Å². The van der Waals surface area contributed by atoms with Gasteiger partial charge < -0.3 is 5.32 Å². The van der Waals surface area contributed by atoms with E-state index in [1.54, 1.807) is 0 Å². The van der Waals surface area contributed by atoms with Crippen molar-refractivity contribution in [3.8, 4) is 0 Å². The van der Waals surface area contributed by atoms with E-state index in [4.69, 9.17) is 0 Å². The van der Waals surface area contributed by atoms with Crippen LogP contribution >= 0.6 is 0 Å². The molecule has 0 atom stereocenters. The third-order valence-electron chi connectivity index (χ3n) is 3.53. The normalized spacial score (nSPS) is 18.2. The SMILES string of the molecule is C=C1Nc2ccc(C(C)C)cc2CC1(C)C. The smallest absolute Gasteiger partial charge is 0.0414 e. The maximum Gasteiger partial charge on any atom is 0.0414 e. The molecule has 0 amide bonds. The highest BCUT2D eigenvalue weighted by atomic mass is 14.9. The van der Waals surface area contributed by atoms with Crippen molar-refractivity contribution in [3.63, 3.8) is 0 Å². The highest BCUT2D eigenvalue weighted by Crippen LogP contribution is 2.39. The standard InChI is InChI=1S/C15H21N/c1-10(2)12-6-7-14-13(8-12)9-15(4,5)11(3)16-14/h6-8,10,16H,3,9H2,1-2,4-5H3. The number of nitrogens with one attached hydrogen (secondary N) is 1. The van der Waals surface area contributed by atoms with Crippen LogP contribution in [0, 0.1) is 5.41 Å². The molecule has 1 heterocycles. The van der Waals surface area contributed by atoms with Gasteiger partial charge in [-0.3, -0.25) is 0 Å². The molecule has 0 saturated carbocycles. The zero-order valence-corrected chi connectivity index (χ0v) is 10.7. The average molecular weight is 215 g/mol. The molecule has 0 aromatic heterocycles. The fourth-order valence-electron chi connectivity index (χ4n) is 2.16. The minimum Gasteiger partial charge on any atom is -0.359 e. The van der Waals surface area contributed by atoms with E-state index in [2.05, 4.69) is 57.8 Å². The number of allylic oxidation sites excluding steroid dienone is 1. The van der Waals surface area contributed by atoms with Crippen LogP contribution in [0.15, 0.2) is 30.5 Å². The molecule has 1 heteroatoms. The third kappa shape index (κ3) is 1.87. The number of hydrogen-bond acceptors (Lipinski definition) is 1. The molecule has 1 aliphatic rings. The van der Waals surface area contributed by atoms with Gasteiger partial charge in [0.25, 0.3) is 0 Å². The third-order valence-corrected chi connectivity index (χ3v) is 3.53. The number of hydrogen-bond donors (Lipinski definition) is 1. The molecule has 2 rings (SSSR count). The molecule has 0 radical (unpaired) electrons. The summed E-state index contributed by atoms with van der Waals surface area (Å²) < 4.78 is 0. The first-order chi connectivity index (χ1) is 7.40. The predicted octanol–water partition coefficient (Wildman–Crippen LogP) is 4.32. The molecule has 1 nitrogen and oxygen atoms in total. The van der Waals surface area contributed by atoms with E-state index in [9.17, 15) is 0 Å². The number of rotatable bonds is 1. The first-order valence-corrected chi connectivity index (χ1v) is 5.99. The van der Waals surface area contributed by atoms with Gasteiger partial charge in [0, 0.05) is 16.8 Å². The van der Waals surface area contributed by atoms with E-state index in [1.165, 1.54) is 16.8 Å². The number of fused-ring (bicyclic) bond motifs is 1. The Labute approximate surface area is 98.6 Å². The lowest BCUT2D eigenvalue weighted by Crippen LogP contribution is -2.27. The molecule has 0 aliphatic carbocycles. The highest BCUT2D eigenvalue weighted by molar-refractivity contribution is 5.60. The molecule has 0 unspecified atom stereocenters. The monoisotopic (exact) mass is 215 g/mol. The van der Waals surface area contributed by atoms with Crippen molar-refractivity contribution in [2.24, 2.45) is 5.41 Å². The summed E-state index contributed by atoms with van der Waals surface area (Å²) in [7, 11) is 0. The minimum atomic E-state index is 0.155. The molecule has 1 N–H and O–H groups in total. The Balaban J connectivity index is 2.42. The molecule has 86 valence electrons. The van der Waals surface area contributed by atoms with Crippen molar-refractivity contribution < 1.29 is 0 Å². The summed E-state index contributed by atoms with van der Waals surface area (Å²) >= 11 is 0. The van der Waals surface area contributed by atoms with Gasteiger partial charge in [0.2, 0.25) is 0 Å². The number of benzene rings is 1. The van der Waals surface area contributed by atoms with Crippen molar-refractivity contribution >= 4 is 5.69 Å². The molecular formula is C15H21N. The summed E-state index contributed by atoms with van der Waals surface area (Å²) in [5.74, 6) is 0.596. The van der Waals surface area contributed by atoms with Crippen LogP contribution in [0.2, 0.25) is 0 Å². The lowest BCUT2D eigenvalue weighted by atomic mass is 9.79.